The summed E-state index contributed by atoms with van der Waals surface area (Å²) in [5.41, 5.74) is 4.18. The van der Waals surface area contributed by atoms with Crippen molar-refractivity contribution in [2.24, 2.45) is 0 Å². The average Bonchev–Trinajstić information content (AvgIpc) is 3.31. The maximum absolute atomic E-state index is 4.61. The molecule has 0 fully saturated rings. The molecule has 0 bridgehead atoms. The number of benzene rings is 2. The summed E-state index contributed by atoms with van der Waals surface area (Å²) in [4.78, 5) is 0. The van der Waals surface area contributed by atoms with Gasteiger partial charge >= 0.3 is 0 Å². The van der Waals surface area contributed by atoms with Gasteiger partial charge in [0.2, 0.25) is 5.16 Å². The highest BCUT2D eigenvalue weighted by Crippen LogP contribution is 2.22. The second kappa shape index (κ2) is 6.90. The minimum absolute atomic E-state index is 0.700. The number of aryl methyl sites for hydroxylation is 1. The minimum Gasteiger partial charge on any atom is -0.241 e. The number of para-hydroxylation sites is 1. The average molecular weight is 348 g/mol. The van der Waals surface area contributed by atoms with Crippen molar-refractivity contribution in [3.8, 4) is 11.4 Å². The van der Waals surface area contributed by atoms with Gasteiger partial charge in [-0.3, -0.25) is 0 Å². The molecule has 0 radical (unpaired) electrons. The molecule has 0 aliphatic rings. The molecule has 25 heavy (non-hydrogen) atoms. The largest absolute Gasteiger partial charge is 0.241 e. The Morgan fingerprint density at radius 1 is 0.920 bits per heavy atom. The molecule has 0 saturated heterocycles. The van der Waals surface area contributed by atoms with E-state index in [1.807, 2.05) is 71.5 Å². The van der Waals surface area contributed by atoms with Crippen LogP contribution in [0.25, 0.3) is 11.4 Å². The summed E-state index contributed by atoms with van der Waals surface area (Å²) in [5, 5.41) is 17.4. The van der Waals surface area contributed by atoms with E-state index < -0.39 is 0 Å². The van der Waals surface area contributed by atoms with E-state index in [1.165, 1.54) is 5.56 Å². The zero-order chi connectivity index (χ0) is 17.1. The quantitative estimate of drug-likeness (QED) is 0.517. The monoisotopic (exact) mass is 348 g/mol. The molecular formula is C18H16N6S. The molecular weight excluding hydrogens is 332 g/mol. The third-order valence-electron chi connectivity index (χ3n) is 3.73. The predicted molar refractivity (Wildman–Crippen MR) is 97.0 cm³/mol. The molecule has 0 unspecified atom stereocenters. The van der Waals surface area contributed by atoms with E-state index >= 15 is 0 Å². The third kappa shape index (κ3) is 3.46. The Bertz CT molecular complexity index is 959. The van der Waals surface area contributed by atoms with Crippen LogP contribution in [0.5, 0.6) is 0 Å². The fraction of sp³-hybridized carbons (Fsp3) is 0.111. The Labute approximate surface area is 149 Å². The molecule has 0 N–H and O–H groups in total. The lowest BCUT2D eigenvalue weighted by Gasteiger charge is -2.04. The van der Waals surface area contributed by atoms with Crippen LogP contribution < -0.4 is 0 Å². The lowest BCUT2D eigenvalue weighted by Crippen LogP contribution is -1.99. The summed E-state index contributed by atoms with van der Waals surface area (Å²) in [6.45, 7) is 2.06. The fourth-order valence-electron chi connectivity index (χ4n) is 2.42. The molecule has 7 heteroatoms. The van der Waals surface area contributed by atoms with Crippen LogP contribution in [0.3, 0.4) is 0 Å². The van der Waals surface area contributed by atoms with Gasteiger partial charge in [-0.2, -0.15) is 9.78 Å². The maximum Gasteiger partial charge on any atom is 0.214 e. The summed E-state index contributed by atoms with van der Waals surface area (Å²) in [5.74, 6) is 0.700. The van der Waals surface area contributed by atoms with Crippen LogP contribution in [-0.2, 0) is 5.75 Å². The summed E-state index contributed by atoms with van der Waals surface area (Å²) in [6.07, 6.45) is 1.97. The van der Waals surface area contributed by atoms with E-state index in [2.05, 4.69) is 27.5 Å². The Balaban J connectivity index is 1.49. The maximum atomic E-state index is 4.61. The Kier molecular flexibility index (Phi) is 4.30. The summed E-state index contributed by atoms with van der Waals surface area (Å²) in [7, 11) is 0. The molecule has 2 aromatic carbocycles. The van der Waals surface area contributed by atoms with Gasteiger partial charge in [-0.05, 0) is 47.7 Å². The Hall–Kier alpha value is -2.93. The molecule has 0 aliphatic carbocycles. The van der Waals surface area contributed by atoms with Crippen LogP contribution in [0.4, 0.5) is 0 Å². The number of hydrogen-bond acceptors (Lipinski definition) is 5. The van der Waals surface area contributed by atoms with Crippen LogP contribution in [0.2, 0.25) is 0 Å². The SMILES string of the molecule is Cc1ccc(-n2nnnc2SCc2ccn(-c3ccccc3)n2)cc1. The molecule has 4 aromatic rings. The lowest BCUT2D eigenvalue weighted by molar-refractivity contribution is 0.756. The van der Waals surface area contributed by atoms with Crippen LogP contribution >= 0.6 is 11.8 Å². The van der Waals surface area contributed by atoms with Gasteiger partial charge in [-0.25, -0.2) is 4.68 Å². The first-order chi connectivity index (χ1) is 12.3. The second-order valence-corrected chi connectivity index (χ2v) is 6.53. The summed E-state index contributed by atoms with van der Waals surface area (Å²) < 4.78 is 3.62. The molecule has 6 nitrogen and oxygen atoms in total. The third-order valence-corrected chi connectivity index (χ3v) is 4.69. The number of rotatable bonds is 5. The van der Waals surface area contributed by atoms with Crippen molar-refractivity contribution >= 4 is 11.8 Å². The standard InChI is InChI=1S/C18H16N6S/c1-14-7-9-17(10-8-14)24-18(19-21-22-24)25-13-15-11-12-23(20-15)16-5-3-2-4-6-16/h2-12H,13H2,1H3. The van der Waals surface area contributed by atoms with Crippen molar-refractivity contribution in [2.45, 2.75) is 17.8 Å². The van der Waals surface area contributed by atoms with Crippen molar-refractivity contribution in [1.82, 2.24) is 30.0 Å². The van der Waals surface area contributed by atoms with E-state index in [4.69, 9.17) is 0 Å². The molecule has 0 amide bonds. The van der Waals surface area contributed by atoms with Gasteiger partial charge in [0.15, 0.2) is 0 Å². The van der Waals surface area contributed by atoms with Gasteiger partial charge in [-0.1, -0.05) is 47.7 Å². The van der Waals surface area contributed by atoms with Crippen LogP contribution in [0.1, 0.15) is 11.3 Å². The second-order valence-electron chi connectivity index (χ2n) is 5.58. The predicted octanol–water partition coefficient (Wildman–Crippen LogP) is 3.45. The summed E-state index contributed by atoms with van der Waals surface area (Å²) >= 11 is 1.57. The molecule has 0 aliphatic heterocycles. The van der Waals surface area contributed by atoms with E-state index in [0.717, 1.165) is 22.2 Å². The molecule has 2 heterocycles. The molecule has 124 valence electrons. The molecule has 2 aromatic heterocycles. The zero-order valence-electron chi connectivity index (χ0n) is 13.6. The smallest absolute Gasteiger partial charge is 0.214 e. The highest BCUT2D eigenvalue weighted by Gasteiger charge is 2.10. The first-order valence-electron chi connectivity index (χ1n) is 7.88. The van der Waals surface area contributed by atoms with Gasteiger partial charge < -0.3 is 0 Å². The number of tetrazole rings is 1. The van der Waals surface area contributed by atoms with E-state index in [-0.39, 0.29) is 0 Å². The molecule has 4 rings (SSSR count). The van der Waals surface area contributed by atoms with Gasteiger partial charge in [0.25, 0.3) is 0 Å². The lowest BCUT2D eigenvalue weighted by atomic mass is 10.2. The van der Waals surface area contributed by atoms with E-state index in [0.29, 0.717) is 5.75 Å². The van der Waals surface area contributed by atoms with Crippen molar-refractivity contribution in [3.05, 3.63) is 78.1 Å². The van der Waals surface area contributed by atoms with Crippen molar-refractivity contribution in [2.75, 3.05) is 0 Å². The Morgan fingerprint density at radius 3 is 2.52 bits per heavy atom. The topological polar surface area (TPSA) is 61.4 Å². The normalized spacial score (nSPS) is 10.9. The van der Waals surface area contributed by atoms with Crippen LogP contribution in [0, 0.1) is 6.92 Å². The van der Waals surface area contributed by atoms with Crippen molar-refractivity contribution in [1.29, 1.82) is 0 Å². The van der Waals surface area contributed by atoms with Gasteiger partial charge in [-0.15, -0.1) is 5.10 Å². The van der Waals surface area contributed by atoms with E-state index in [9.17, 15) is 0 Å². The zero-order valence-corrected chi connectivity index (χ0v) is 14.5. The van der Waals surface area contributed by atoms with Gasteiger partial charge in [0.1, 0.15) is 0 Å². The van der Waals surface area contributed by atoms with Gasteiger partial charge in [0, 0.05) is 11.9 Å². The van der Waals surface area contributed by atoms with E-state index in [1.54, 1.807) is 16.4 Å². The number of aromatic nitrogens is 6. The van der Waals surface area contributed by atoms with Crippen LogP contribution in [-0.4, -0.2) is 30.0 Å². The molecule has 0 spiro atoms. The minimum atomic E-state index is 0.700. The van der Waals surface area contributed by atoms with Crippen molar-refractivity contribution < 1.29 is 0 Å². The van der Waals surface area contributed by atoms with Gasteiger partial charge in [0.05, 0.1) is 17.1 Å². The summed E-state index contributed by atoms with van der Waals surface area (Å²) in [6, 6.07) is 20.2. The molecule has 0 saturated carbocycles. The first-order valence-corrected chi connectivity index (χ1v) is 8.86. The fourth-order valence-corrected chi connectivity index (χ4v) is 3.21. The highest BCUT2D eigenvalue weighted by molar-refractivity contribution is 7.98. The van der Waals surface area contributed by atoms with Crippen LogP contribution in [0.15, 0.2) is 72.0 Å². The number of thioether (sulfide) groups is 1. The highest BCUT2D eigenvalue weighted by atomic mass is 32.2. The van der Waals surface area contributed by atoms with Crippen molar-refractivity contribution in [3.63, 3.8) is 0 Å². The number of hydrogen-bond donors (Lipinski definition) is 0. The molecule has 0 atom stereocenters. The number of nitrogens with zero attached hydrogens (tertiary/aromatic N) is 6. The first kappa shape index (κ1) is 15.6. The Morgan fingerprint density at radius 2 is 1.72 bits per heavy atom.